The molecular formula is C29H25N3. The van der Waals surface area contributed by atoms with Crippen LogP contribution in [0.5, 0.6) is 0 Å². The van der Waals surface area contributed by atoms with Gasteiger partial charge in [0.25, 0.3) is 0 Å². The third-order valence-electron chi connectivity index (χ3n) is 5.68. The van der Waals surface area contributed by atoms with Crippen LogP contribution in [-0.4, -0.2) is 16.6 Å². The number of imidazole rings is 1. The van der Waals surface area contributed by atoms with E-state index in [-0.39, 0.29) is 0 Å². The Morgan fingerprint density at radius 2 is 1.44 bits per heavy atom. The molecule has 3 nitrogen and oxygen atoms in total. The highest BCUT2D eigenvalue weighted by molar-refractivity contribution is 5.83. The number of nitrogens with one attached hydrogen (secondary N) is 1. The number of rotatable bonds is 6. The normalized spacial score (nSPS) is 11.6. The van der Waals surface area contributed by atoms with Crippen LogP contribution in [0.4, 0.5) is 0 Å². The van der Waals surface area contributed by atoms with Gasteiger partial charge in [0.15, 0.2) is 0 Å². The number of nitrogens with zero attached hydrogens (tertiary/aromatic N) is 2. The van der Waals surface area contributed by atoms with E-state index in [2.05, 4.69) is 107 Å². The van der Waals surface area contributed by atoms with Crippen LogP contribution in [0.2, 0.25) is 0 Å². The molecule has 0 fully saturated rings. The molecule has 0 radical (unpaired) electrons. The second-order valence-electron chi connectivity index (χ2n) is 7.73. The van der Waals surface area contributed by atoms with E-state index < -0.39 is 0 Å². The highest BCUT2D eigenvalue weighted by Gasteiger charge is 2.13. The van der Waals surface area contributed by atoms with Gasteiger partial charge in [-0.1, -0.05) is 91.0 Å². The molecule has 156 valence electrons. The second kappa shape index (κ2) is 8.94. The number of para-hydroxylation sites is 2. The molecule has 4 aromatic carbocycles. The molecule has 0 saturated heterocycles. The minimum absolute atomic E-state index is 0.863. The topological polar surface area (TPSA) is 29.9 Å². The Balaban J connectivity index is 1.49. The molecule has 0 atom stereocenters. The van der Waals surface area contributed by atoms with Gasteiger partial charge in [-0.25, -0.2) is 4.98 Å². The summed E-state index contributed by atoms with van der Waals surface area (Å²) in [5, 5.41) is 3.32. The zero-order valence-corrected chi connectivity index (χ0v) is 18.1. The van der Waals surface area contributed by atoms with Gasteiger partial charge in [0.05, 0.1) is 11.0 Å². The third kappa shape index (κ3) is 3.93. The summed E-state index contributed by atoms with van der Waals surface area (Å²) in [7, 11) is 1.97. The highest BCUT2D eigenvalue weighted by atomic mass is 15.1. The Bertz CT molecular complexity index is 1350. The first kappa shape index (κ1) is 19.8. The van der Waals surface area contributed by atoms with Crippen molar-refractivity contribution in [3.05, 3.63) is 126 Å². The maximum atomic E-state index is 4.93. The molecular weight excluding hydrogens is 390 g/mol. The van der Waals surface area contributed by atoms with E-state index in [0.717, 1.165) is 40.2 Å². The molecule has 5 aromatic rings. The molecule has 1 aromatic heterocycles. The van der Waals surface area contributed by atoms with Crippen molar-refractivity contribution < 1.29 is 0 Å². The van der Waals surface area contributed by atoms with Gasteiger partial charge in [-0.05, 0) is 41.8 Å². The lowest BCUT2D eigenvalue weighted by Gasteiger charge is -2.11. The van der Waals surface area contributed by atoms with Gasteiger partial charge in [-0.15, -0.1) is 0 Å². The van der Waals surface area contributed by atoms with E-state index in [1.54, 1.807) is 0 Å². The molecule has 1 N–H and O–H groups in total. The Labute approximate surface area is 188 Å². The fourth-order valence-electron chi connectivity index (χ4n) is 4.05. The van der Waals surface area contributed by atoms with E-state index >= 15 is 0 Å². The second-order valence-corrected chi connectivity index (χ2v) is 7.73. The van der Waals surface area contributed by atoms with Crippen molar-refractivity contribution in [3.63, 3.8) is 0 Å². The van der Waals surface area contributed by atoms with Crippen molar-refractivity contribution in [1.82, 2.24) is 14.9 Å². The van der Waals surface area contributed by atoms with Crippen LogP contribution in [0.25, 0.3) is 33.8 Å². The van der Waals surface area contributed by atoms with E-state index in [0.29, 0.717) is 0 Å². The number of hydrogen-bond acceptors (Lipinski definition) is 2. The largest absolute Gasteiger partial charge is 0.388 e. The molecule has 1 heterocycles. The number of benzene rings is 4. The van der Waals surface area contributed by atoms with Crippen molar-refractivity contribution in [2.45, 2.75) is 6.42 Å². The molecule has 0 saturated carbocycles. The zero-order chi connectivity index (χ0) is 21.8. The van der Waals surface area contributed by atoms with Crippen molar-refractivity contribution >= 4 is 16.7 Å². The van der Waals surface area contributed by atoms with Gasteiger partial charge in [0.1, 0.15) is 5.82 Å². The molecule has 0 aliphatic carbocycles. The van der Waals surface area contributed by atoms with Crippen molar-refractivity contribution in [2.75, 3.05) is 7.05 Å². The van der Waals surface area contributed by atoms with E-state index in [1.165, 1.54) is 11.1 Å². The lowest BCUT2D eigenvalue weighted by Crippen LogP contribution is -2.05. The molecule has 5 rings (SSSR count). The maximum Gasteiger partial charge on any atom is 0.145 e. The molecule has 32 heavy (non-hydrogen) atoms. The summed E-state index contributed by atoms with van der Waals surface area (Å²) in [5.41, 5.74) is 7.94. The van der Waals surface area contributed by atoms with E-state index in [1.807, 2.05) is 25.2 Å². The predicted molar refractivity (Wildman–Crippen MR) is 134 cm³/mol. The molecule has 0 spiro atoms. The minimum Gasteiger partial charge on any atom is -0.388 e. The summed E-state index contributed by atoms with van der Waals surface area (Å²) in [4.78, 5) is 4.93. The smallest absolute Gasteiger partial charge is 0.145 e. The Hall–Kier alpha value is -4.11. The summed E-state index contributed by atoms with van der Waals surface area (Å²) in [6, 6.07) is 37.9. The lowest BCUT2D eigenvalue weighted by molar-refractivity contribution is 1.09. The summed E-state index contributed by atoms with van der Waals surface area (Å²) < 4.78 is 2.24. The predicted octanol–water partition coefficient (Wildman–Crippen LogP) is 6.50. The minimum atomic E-state index is 0.863. The van der Waals surface area contributed by atoms with Gasteiger partial charge in [-0.3, -0.25) is 4.57 Å². The number of aromatic nitrogens is 2. The highest BCUT2D eigenvalue weighted by Crippen LogP contribution is 2.28. The number of allylic oxidation sites excluding steroid dienone is 1. The van der Waals surface area contributed by atoms with Crippen LogP contribution in [0.1, 0.15) is 11.1 Å². The Morgan fingerprint density at radius 1 is 0.781 bits per heavy atom. The molecule has 0 bridgehead atoms. The molecule has 0 amide bonds. The SMILES string of the molecule is CN/C(=C\Cc1ccc(-n2c(-c3ccccc3)nc3ccccc32)cc1)c1ccccc1. The zero-order valence-electron chi connectivity index (χ0n) is 18.1. The third-order valence-corrected chi connectivity index (χ3v) is 5.68. The summed E-state index contributed by atoms with van der Waals surface area (Å²) >= 11 is 0. The van der Waals surface area contributed by atoms with Crippen molar-refractivity contribution in [1.29, 1.82) is 0 Å². The first-order valence-corrected chi connectivity index (χ1v) is 10.9. The monoisotopic (exact) mass is 415 g/mol. The molecule has 3 heteroatoms. The van der Waals surface area contributed by atoms with Crippen LogP contribution in [0, 0.1) is 0 Å². The lowest BCUT2D eigenvalue weighted by atomic mass is 10.1. The van der Waals surface area contributed by atoms with Crippen molar-refractivity contribution in [2.24, 2.45) is 0 Å². The van der Waals surface area contributed by atoms with Gasteiger partial charge in [-0.2, -0.15) is 0 Å². The maximum absolute atomic E-state index is 4.93. The average Bonchev–Trinajstić information content (AvgIpc) is 3.26. The van der Waals surface area contributed by atoms with Gasteiger partial charge in [0.2, 0.25) is 0 Å². The summed E-state index contributed by atoms with van der Waals surface area (Å²) in [5.74, 6) is 0.959. The first-order valence-electron chi connectivity index (χ1n) is 10.9. The van der Waals surface area contributed by atoms with Gasteiger partial charge >= 0.3 is 0 Å². The number of fused-ring (bicyclic) bond motifs is 1. The van der Waals surface area contributed by atoms with Gasteiger partial charge < -0.3 is 5.32 Å². The van der Waals surface area contributed by atoms with E-state index in [9.17, 15) is 0 Å². The molecule has 0 aliphatic heterocycles. The summed E-state index contributed by atoms with van der Waals surface area (Å²) in [6.45, 7) is 0. The Kier molecular flexibility index (Phi) is 5.54. The van der Waals surface area contributed by atoms with Crippen LogP contribution < -0.4 is 5.32 Å². The van der Waals surface area contributed by atoms with Crippen molar-refractivity contribution in [3.8, 4) is 17.1 Å². The number of hydrogen-bond donors (Lipinski definition) is 1. The fraction of sp³-hybridized carbons (Fsp3) is 0.0690. The Morgan fingerprint density at radius 3 is 2.16 bits per heavy atom. The van der Waals surface area contributed by atoms with E-state index in [4.69, 9.17) is 4.98 Å². The quantitative estimate of drug-likeness (QED) is 0.343. The van der Waals surface area contributed by atoms with Gasteiger partial charge in [0, 0.05) is 24.0 Å². The molecule has 0 aliphatic rings. The first-order chi connectivity index (χ1) is 15.8. The van der Waals surface area contributed by atoms with Crippen LogP contribution in [0.15, 0.2) is 115 Å². The standard InChI is InChI=1S/C29H25N3/c1-30-26(23-10-4-2-5-11-23)21-18-22-16-19-25(20-17-22)32-28-15-9-8-14-27(28)31-29(32)24-12-6-3-7-13-24/h2-17,19-21,30H,18H2,1H3/b26-21-. The molecule has 0 unspecified atom stereocenters. The average molecular weight is 416 g/mol. The van der Waals surface area contributed by atoms with Crippen LogP contribution in [-0.2, 0) is 6.42 Å². The fourth-order valence-corrected chi connectivity index (χ4v) is 4.05. The summed E-state index contributed by atoms with van der Waals surface area (Å²) in [6.07, 6.45) is 3.11. The van der Waals surface area contributed by atoms with Crippen LogP contribution >= 0.6 is 0 Å². The van der Waals surface area contributed by atoms with Crippen LogP contribution in [0.3, 0.4) is 0 Å².